The van der Waals surface area contributed by atoms with Crippen LogP contribution in [0.25, 0.3) is 21.7 Å². The summed E-state index contributed by atoms with van der Waals surface area (Å²) in [7, 11) is 0. The molecule has 30 heavy (non-hydrogen) atoms. The molecule has 3 aromatic carbocycles. The molecule has 0 unspecified atom stereocenters. The van der Waals surface area contributed by atoms with E-state index >= 15 is 0 Å². The Morgan fingerprint density at radius 2 is 1.97 bits per heavy atom. The molecule has 2 N–H and O–H groups in total. The van der Waals surface area contributed by atoms with Crippen molar-refractivity contribution in [3.8, 4) is 11.5 Å². The van der Waals surface area contributed by atoms with Crippen LogP contribution in [0.2, 0.25) is 0 Å². The number of carbonyl (C=O) groups is 1. The van der Waals surface area contributed by atoms with Gasteiger partial charge in [-0.2, -0.15) is 5.10 Å². The number of hydrogen-bond donors (Lipinski definition) is 2. The zero-order valence-electron chi connectivity index (χ0n) is 16.1. The van der Waals surface area contributed by atoms with Crippen LogP contribution in [-0.2, 0) is 4.79 Å². The Bertz CT molecular complexity index is 1340. The van der Waals surface area contributed by atoms with E-state index in [9.17, 15) is 14.7 Å². The lowest BCUT2D eigenvalue weighted by Crippen LogP contribution is -2.24. The molecule has 0 aliphatic heterocycles. The first-order chi connectivity index (χ1) is 14.5. The quantitative estimate of drug-likeness (QED) is 0.302. The second kappa shape index (κ2) is 8.08. The summed E-state index contributed by atoms with van der Waals surface area (Å²) in [5, 5.41) is 16.6. The van der Waals surface area contributed by atoms with Crippen molar-refractivity contribution in [3.05, 3.63) is 82.2 Å². The molecule has 0 radical (unpaired) electrons. The molecule has 4 rings (SSSR count). The number of fused-ring (bicyclic) bond motifs is 2. The topological polar surface area (TPSA) is 101 Å². The van der Waals surface area contributed by atoms with Gasteiger partial charge in [0.2, 0.25) is 0 Å². The molecule has 0 bridgehead atoms. The van der Waals surface area contributed by atoms with Crippen molar-refractivity contribution in [2.75, 3.05) is 6.61 Å². The first-order valence-electron chi connectivity index (χ1n) is 9.21. The van der Waals surface area contributed by atoms with E-state index in [1.807, 2.05) is 37.3 Å². The van der Waals surface area contributed by atoms with Gasteiger partial charge in [-0.3, -0.25) is 4.79 Å². The van der Waals surface area contributed by atoms with E-state index in [1.165, 1.54) is 12.3 Å². The number of carbonyl (C=O) groups excluding carboxylic acids is 1. The van der Waals surface area contributed by atoms with E-state index in [-0.39, 0.29) is 12.4 Å². The predicted molar refractivity (Wildman–Crippen MR) is 114 cm³/mol. The minimum atomic E-state index is -0.475. The van der Waals surface area contributed by atoms with Gasteiger partial charge >= 0.3 is 5.63 Å². The van der Waals surface area contributed by atoms with Crippen molar-refractivity contribution in [1.29, 1.82) is 0 Å². The summed E-state index contributed by atoms with van der Waals surface area (Å²) in [6.45, 7) is 1.54. The SMILES string of the molecule is Cc1cc(=O)oc2cc(OCC(=O)N/N=C/c3c(O)ccc4ccccc34)ccc12. The number of phenolic OH excluding ortho intramolecular Hbond substituents is 1. The summed E-state index contributed by atoms with van der Waals surface area (Å²) in [5.41, 5.74) is 3.63. The second-order valence-corrected chi connectivity index (χ2v) is 6.71. The molecular formula is C23H18N2O5. The highest BCUT2D eigenvalue weighted by atomic mass is 16.5. The van der Waals surface area contributed by atoms with Crippen molar-refractivity contribution in [2.24, 2.45) is 5.10 Å². The number of hydrogen-bond acceptors (Lipinski definition) is 6. The van der Waals surface area contributed by atoms with Crippen LogP contribution in [0.4, 0.5) is 0 Å². The van der Waals surface area contributed by atoms with Crippen molar-refractivity contribution in [2.45, 2.75) is 6.92 Å². The molecular weight excluding hydrogens is 384 g/mol. The van der Waals surface area contributed by atoms with Crippen molar-refractivity contribution < 1.29 is 19.1 Å². The molecule has 0 aliphatic rings. The van der Waals surface area contributed by atoms with Gasteiger partial charge in [0.25, 0.3) is 5.91 Å². The molecule has 1 amide bonds. The molecule has 0 atom stereocenters. The maximum Gasteiger partial charge on any atom is 0.336 e. The number of hydrazone groups is 1. The Morgan fingerprint density at radius 3 is 2.83 bits per heavy atom. The fraction of sp³-hybridized carbons (Fsp3) is 0.0870. The lowest BCUT2D eigenvalue weighted by molar-refractivity contribution is -0.123. The van der Waals surface area contributed by atoms with Gasteiger partial charge in [0, 0.05) is 23.1 Å². The number of amides is 1. The number of aromatic hydroxyl groups is 1. The Hall–Kier alpha value is -4.13. The fourth-order valence-corrected chi connectivity index (χ4v) is 3.16. The molecule has 1 heterocycles. The van der Waals surface area contributed by atoms with Crippen molar-refractivity contribution in [3.63, 3.8) is 0 Å². The largest absolute Gasteiger partial charge is 0.507 e. The highest BCUT2D eigenvalue weighted by Crippen LogP contribution is 2.25. The van der Waals surface area contributed by atoms with Crippen LogP contribution in [0.1, 0.15) is 11.1 Å². The number of aryl methyl sites for hydroxylation is 1. The van der Waals surface area contributed by atoms with Gasteiger partial charge in [-0.05, 0) is 41.5 Å². The summed E-state index contributed by atoms with van der Waals surface area (Å²) in [6.07, 6.45) is 1.39. The Labute approximate surface area is 171 Å². The highest BCUT2D eigenvalue weighted by molar-refractivity contribution is 6.02. The molecule has 0 spiro atoms. The number of benzene rings is 3. The highest BCUT2D eigenvalue weighted by Gasteiger charge is 2.07. The minimum absolute atomic E-state index is 0.0656. The predicted octanol–water partition coefficient (Wildman–Crippen LogP) is 3.49. The number of phenols is 1. The van der Waals surface area contributed by atoms with Gasteiger partial charge < -0.3 is 14.3 Å². The van der Waals surface area contributed by atoms with E-state index in [4.69, 9.17) is 9.15 Å². The van der Waals surface area contributed by atoms with Gasteiger partial charge in [0.05, 0.1) is 6.21 Å². The van der Waals surface area contributed by atoms with E-state index in [2.05, 4.69) is 10.5 Å². The minimum Gasteiger partial charge on any atom is -0.507 e. The fourth-order valence-electron chi connectivity index (χ4n) is 3.16. The van der Waals surface area contributed by atoms with Gasteiger partial charge in [-0.1, -0.05) is 30.3 Å². The second-order valence-electron chi connectivity index (χ2n) is 6.71. The van der Waals surface area contributed by atoms with E-state index in [0.29, 0.717) is 16.9 Å². The first-order valence-corrected chi connectivity index (χ1v) is 9.21. The number of nitrogens with zero attached hydrogens (tertiary/aromatic N) is 1. The van der Waals surface area contributed by atoms with Crippen LogP contribution >= 0.6 is 0 Å². The smallest absolute Gasteiger partial charge is 0.336 e. The average molecular weight is 402 g/mol. The lowest BCUT2D eigenvalue weighted by Gasteiger charge is -2.07. The molecule has 1 aromatic heterocycles. The molecule has 150 valence electrons. The molecule has 4 aromatic rings. The van der Waals surface area contributed by atoms with Crippen molar-refractivity contribution >= 4 is 33.9 Å². The number of nitrogens with one attached hydrogen (secondary N) is 1. The monoisotopic (exact) mass is 402 g/mol. The molecule has 0 saturated heterocycles. The Morgan fingerprint density at radius 1 is 1.13 bits per heavy atom. The summed E-state index contributed by atoms with van der Waals surface area (Å²) in [5.74, 6) is -0.0188. The normalized spacial score (nSPS) is 11.2. The van der Waals surface area contributed by atoms with Gasteiger partial charge in [0.15, 0.2) is 6.61 Å². The van der Waals surface area contributed by atoms with Gasteiger partial charge in [-0.15, -0.1) is 0 Å². The standard InChI is InChI=1S/C23H18N2O5/c1-14-10-23(28)30-21-11-16(7-8-17(14)21)29-13-22(27)25-24-12-19-18-5-3-2-4-15(18)6-9-20(19)26/h2-12,26H,13H2,1H3,(H,25,27)/b24-12+. The third kappa shape index (κ3) is 4.00. The van der Waals surface area contributed by atoms with Gasteiger partial charge in [0.1, 0.15) is 17.1 Å². The van der Waals surface area contributed by atoms with Crippen LogP contribution in [-0.4, -0.2) is 23.8 Å². The van der Waals surface area contributed by atoms with E-state index in [1.54, 1.807) is 24.3 Å². The summed E-state index contributed by atoms with van der Waals surface area (Å²) >= 11 is 0. The Balaban J connectivity index is 1.42. The van der Waals surface area contributed by atoms with Gasteiger partial charge in [-0.25, -0.2) is 10.2 Å². The summed E-state index contributed by atoms with van der Waals surface area (Å²) in [6, 6.07) is 17.4. The van der Waals surface area contributed by atoms with Crippen LogP contribution < -0.4 is 15.8 Å². The molecule has 0 saturated carbocycles. The van der Waals surface area contributed by atoms with E-state index in [0.717, 1.165) is 21.7 Å². The van der Waals surface area contributed by atoms with Crippen LogP contribution in [0.3, 0.4) is 0 Å². The number of rotatable bonds is 5. The first kappa shape index (κ1) is 19.2. The molecule has 7 nitrogen and oxygen atoms in total. The molecule has 7 heteroatoms. The van der Waals surface area contributed by atoms with Crippen molar-refractivity contribution in [1.82, 2.24) is 5.43 Å². The van der Waals surface area contributed by atoms with E-state index < -0.39 is 11.5 Å². The average Bonchev–Trinajstić information content (AvgIpc) is 2.73. The summed E-state index contributed by atoms with van der Waals surface area (Å²) < 4.78 is 10.6. The van der Waals surface area contributed by atoms with Crippen LogP contribution in [0, 0.1) is 6.92 Å². The maximum atomic E-state index is 12.0. The Kier molecular flexibility index (Phi) is 5.17. The third-order valence-corrected chi connectivity index (χ3v) is 4.62. The van der Waals surface area contributed by atoms with Crippen LogP contribution in [0.15, 0.2) is 75.0 Å². The summed E-state index contributed by atoms with van der Waals surface area (Å²) in [4.78, 5) is 23.6. The molecule has 0 fully saturated rings. The van der Waals surface area contributed by atoms with Crippen LogP contribution in [0.5, 0.6) is 11.5 Å². The zero-order chi connectivity index (χ0) is 21.1. The molecule has 0 aliphatic carbocycles. The third-order valence-electron chi connectivity index (χ3n) is 4.62. The lowest BCUT2D eigenvalue weighted by atomic mass is 10.0. The maximum absolute atomic E-state index is 12.0. The zero-order valence-corrected chi connectivity index (χ0v) is 16.1. The number of ether oxygens (including phenoxy) is 1.